The SMILES string of the molecule is CC(Sc1cc(F)ccc1N)C(=O)N1CCCCC1. The van der Waals surface area contributed by atoms with Crippen molar-refractivity contribution in [1.29, 1.82) is 0 Å². The quantitative estimate of drug-likeness (QED) is 0.685. The Morgan fingerprint density at radius 3 is 2.74 bits per heavy atom. The normalized spacial score (nSPS) is 17.3. The second-order valence-electron chi connectivity index (χ2n) is 4.83. The Balaban J connectivity index is 2.01. The van der Waals surface area contributed by atoms with Crippen LogP contribution < -0.4 is 5.73 Å². The predicted molar refractivity (Wildman–Crippen MR) is 76.6 cm³/mol. The molecule has 1 saturated heterocycles. The second kappa shape index (κ2) is 6.28. The molecule has 1 fully saturated rings. The molecule has 1 aliphatic heterocycles. The highest BCUT2D eigenvalue weighted by atomic mass is 32.2. The molecule has 1 aliphatic rings. The van der Waals surface area contributed by atoms with Gasteiger partial charge in [-0.1, -0.05) is 0 Å². The molecular weight excluding hydrogens is 263 g/mol. The topological polar surface area (TPSA) is 46.3 Å². The van der Waals surface area contributed by atoms with Crippen molar-refractivity contribution in [3.05, 3.63) is 24.0 Å². The summed E-state index contributed by atoms with van der Waals surface area (Å²) in [6.45, 7) is 3.52. The van der Waals surface area contributed by atoms with Gasteiger partial charge in [0.25, 0.3) is 0 Å². The number of halogens is 1. The van der Waals surface area contributed by atoms with Crippen LogP contribution >= 0.6 is 11.8 Å². The van der Waals surface area contributed by atoms with E-state index >= 15 is 0 Å². The van der Waals surface area contributed by atoms with Gasteiger partial charge in [0.05, 0.1) is 5.25 Å². The number of nitrogen functional groups attached to an aromatic ring is 1. The van der Waals surface area contributed by atoms with E-state index in [1.165, 1.54) is 36.4 Å². The van der Waals surface area contributed by atoms with Crippen molar-refractivity contribution in [3.8, 4) is 0 Å². The van der Waals surface area contributed by atoms with E-state index in [1.54, 1.807) is 0 Å². The third-order valence-corrected chi connectivity index (χ3v) is 4.46. The van der Waals surface area contributed by atoms with Crippen molar-refractivity contribution in [2.75, 3.05) is 18.8 Å². The molecule has 2 rings (SSSR count). The minimum Gasteiger partial charge on any atom is -0.398 e. The molecular formula is C14H19FN2OS. The third-order valence-electron chi connectivity index (χ3n) is 3.29. The van der Waals surface area contributed by atoms with Crippen LogP contribution in [0.3, 0.4) is 0 Å². The number of carbonyl (C=O) groups excluding carboxylic acids is 1. The number of anilines is 1. The molecule has 104 valence electrons. The molecule has 0 aromatic heterocycles. The molecule has 1 aromatic rings. The van der Waals surface area contributed by atoms with Gasteiger partial charge >= 0.3 is 0 Å². The van der Waals surface area contributed by atoms with Crippen molar-refractivity contribution >= 4 is 23.4 Å². The number of hydrogen-bond acceptors (Lipinski definition) is 3. The standard InChI is InChI=1S/C14H19FN2OS/c1-10(14(18)17-7-3-2-4-8-17)19-13-9-11(15)5-6-12(13)16/h5-6,9-10H,2-4,7-8,16H2,1H3. The average Bonchev–Trinajstić information content (AvgIpc) is 2.43. The first-order valence-electron chi connectivity index (χ1n) is 6.58. The molecule has 1 heterocycles. The summed E-state index contributed by atoms with van der Waals surface area (Å²) in [7, 11) is 0. The van der Waals surface area contributed by atoms with Gasteiger partial charge in [0.1, 0.15) is 5.82 Å². The van der Waals surface area contributed by atoms with Gasteiger partial charge in [-0.15, -0.1) is 11.8 Å². The monoisotopic (exact) mass is 282 g/mol. The van der Waals surface area contributed by atoms with Crippen molar-refractivity contribution in [2.45, 2.75) is 36.3 Å². The van der Waals surface area contributed by atoms with Crippen molar-refractivity contribution in [3.63, 3.8) is 0 Å². The van der Waals surface area contributed by atoms with Crippen molar-refractivity contribution in [2.24, 2.45) is 0 Å². The number of nitrogens with two attached hydrogens (primary N) is 1. The van der Waals surface area contributed by atoms with Crippen LogP contribution in [-0.4, -0.2) is 29.1 Å². The van der Waals surface area contributed by atoms with E-state index in [2.05, 4.69) is 0 Å². The molecule has 0 radical (unpaired) electrons. The summed E-state index contributed by atoms with van der Waals surface area (Å²) in [4.78, 5) is 14.8. The fourth-order valence-corrected chi connectivity index (χ4v) is 3.24. The van der Waals surface area contributed by atoms with Gasteiger partial charge in [0.15, 0.2) is 0 Å². The number of likely N-dealkylation sites (tertiary alicyclic amines) is 1. The number of amides is 1. The van der Waals surface area contributed by atoms with Crippen molar-refractivity contribution < 1.29 is 9.18 Å². The maximum atomic E-state index is 13.2. The Labute approximate surface area is 117 Å². The van der Waals surface area contributed by atoms with Crippen LogP contribution in [-0.2, 0) is 4.79 Å². The molecule has 0 spiro atoms. The lowest BCUT2D eigenvalue weighted by atomic mass is 10.1. The van der Waals surface area contributed by atoms with E-state index in [1.807, 2.05) is 11.8 Å². The van der Waals surface area contributed by atoms with Crippen LogP contribution in [0.15, 0.2) is 23.1 Å². The predicted octanol–water partition coefficient (Wildman–Crippen LogP) is 2.90. The van der Waals surface area contributed by atoms with Crippen LogP contribution in [0.4, 0.5) is 10.1 Å². The fourth-order valence-electron chi connectivity index (χ4n) is 2.22. The Hall–Kier alpha value is -1.23. The zero-order valence-corrected chi connectivity index (χ0v) is 11.9. The fraction of sp³-hybridized carbons (Fsp3) is 0.500. The molecule has 1 amide bonds. The zero-order valence-electron chi connectivity index (χ0n) is 11.1. The summed E-state index contributed by atoms with van der Waals surface area (Å²) in [5.41, 5.74) is 6.32. The average molecular weight is 282 g/mol. The number of benzene rings is 1. The number of nitrogens with zero attached hydrogens (tertiary/aromatic N) is 1. The Bertz CT molecular complexity index is 461. The van der Waals surface area contributed by atoms with E-state index in [9.17, 15) is 9.18 Å². The number of rotatable bonds is 3. The molecule has 2 N–H and O–H groups in total. The van der Waals surface area contributed by atoms with Crippen LogP contribution in [0.1, 0.15) is 26.2 Å². The van der Waals surface area contributed by atoms with Gasteiger partial charge in [-0.3, -0.25) is 4.79 Å². The molecule has 3 nitrogen and oxygen atoms in total. The van der Waals surface area contributed by atoms with Gasteiger partial charge in [-0.2, -0.15) is 0 Å². The first-order chi connectivity index (χ1) is 9.08. The first kappa shape index (κ1) is 14.2. The highest BCUT2D eigenvalue weighted by molar-refractivity contribution is 8.00. The summed E-state index contributed by atoms with van der Waals surface area (Å²) in [5.74, 6) is -0.206. The van der Waals surface area contributed by atoms with Gasteiger partial charge in [-0.05, 0) is 44.4 Å². The molecule has 0 aliphatic carbocycles. The summed E-state index contributed by atoms with van der Waals surface area (Å²) >= 11 is 1.33. The highest BCUT2D eigenvalue weighted by Crippen LogP contribution is 2.30. The molecule has 1 unspecified atom stereocenters. The lowest BCUT2D eigenvalue weighted by Gasteiger charge is -2.29. The molecule has 0 bridgehead atoms. The van der Waals surface area contributed by atoms with Crippen LogP contribution in [0.25, 0.3) is 0 Å². The Morgan fingerprint density at radius 1 is 1.37 bits per heavy atom. The van der Waals surface area contributed by atoms with Gasteiger partial charge in [0.2, 0.25) is 5.91 Å². The second-order valence-corrected chi connectivity index (χ2v) is 6.21. The van der Waals surface area contributed by atoms with E-state index < -0.39 is 0 Å². The summed E-state index contributed by atoms with van der Waals surface area (Å²) in [6, 6.07) is 4.26. The number of carbonyl (C=O) groups is 1. The number of piperidine rings is 1. The number of thioether (sulfide) groups is 1. The van der Waals surface area contributed by atoms with Gasteiger partial charge in [-0.25, -0.2) is 4.39 Å². The largest absolute Gasteiger partial charge is 0.398 e. The smallest absolute Gasteiger partial charge is 0.235 e. The van der Waals surface area contributed by atoms with Crippen LogP contribution in [0.5, 0.6) is 0 Å². The molecule has 19 heavy (non-hydrogen) atoms. The Morgan fingerprint density at radius 2 is 2.05 bits per heavy atom. The van der Waals surface area contributed by atoms with Gasteiger partial charge < -0.3 is 10.6 Å². The Kier molecular flexibility index (Phi) is 4.69. The summed E-state index contributed by atoms with van der Waals surface area (Å²) in [5, 5.41) is -0.234. The minimum atomic E-state index is -0.325. The lowest BCUT2D eigenvalue weighted by Crippen LogP contribution is -2.40. The van der Waals surface area contributed by atoms with Crippen LogP contribution in [0.2, 0.25) is 0 Å². The van der Waals surface area contributed by atoms with Crippen LogP contribution in [0, 0.1) is 5.82 Å². The maximum absolute atomic E-state index is 13.2. The van der Waals surface area contributed by atoms with Gasteiger partial charge in [0, 0.05) is 23.7 Å². The molecule has 1 aromatic carbocycles. The molecule has 1 atom stereocenters. The van der Waals surface area contributed by atoms with E-state index in [0.717, 1.165) is 25.9 Å². The van der Waals surface area contributed by atoms with E-state index in [-0.39, 0.29) is 17.0 Å². The first-order valence-corrected chi connectivity index (χ1v) is 7.46. The lowest BCUT2D eigenvalue weighted by molar-refractivity contribution is -0.131. The highest BCUT2D eigenvalue weighted by Gasteiger charge is 2.23. The number of hydrogen-bond donors (Lipinski definition) is 1. The van der Waals surface area contributed by atoms with E-state index in [4.69, 9.17) is 5.73 Å². The zero-order chi connectivity index (χ0) is 13.8. The summed E-state index contributed by atoms with van der Waals surface area (Å²) in [6.07, 6.45) is 3.35. The maximum Gasteiger partial charge on any atom is 0.235 e. The van der Waals surface area contributed by atoms with Crippen molar-refractivity contribution in [1.82, 2.24) is 4.90 Å². The third kappa shape index (κ3) is 3.62. The summed E-state index contributed by atoms with van der Waals surface area (Å²) < 4.78 is 13.2. The minimum absolute atomic E-state index is 0.119. The molecule has 5 heteroatoms. The molecule has 0 saturated carbocycles. The van der Waals surface area contributed by atoms with E-state index in [0.29, 0.717) is 10.6 Å².